The Balaban J connectivity index is 2.77. The van der Waals surface area contributed by atoms with Crippen LogP contribution in [0.25, 0.3) is 0 Å². The Morgan fingerprint density at radius 2 is 1.79 bits per heavy atom. The first-order valence-electron chi connectivity index (χ1n) is 7.13. The fraction of sp³-hybridized carbons (Fsp3) is 0.933. The van der Waals surface area contributed by atoms with Gasteiger partial charge in [0.15, 0.2) is 5.60 Å². The van der Waals surface area contributed by atoms with Gasteiger partial charge in [0.2, 0.25) is 0 Å². The van der Waals surface area contributed by atoms with Gasteiger partial charge in [0.05, 0.1) is 11.5 Å². The maximum absolute atomic E-state index is 11.9. The molecule has 0 heterocycles. The van der Waals surface area contributed by atoms with Crippen LogP contribution in [0.4, 0.5) is 0 Å². The standard InChI is InChI=1S/C15H27ClO3/c1-6-19-12(17)14(5,18)15(16)9-7-11(8-10-15)13(2,3)4/h11,18H,6-10H2,1-5H3. The number of hydrogen-bond donors (Lipinski definition) is 1. The van der Waals surface area contributed by atoms with Crippen LogP contribution in [-0.2, 0) is 9.53 Å². The van der Waals surface area contributed by atoms with Crippen LogP contribution in [0.5, 0.6) is 0 Å². The molecule has 1 aliphatic carbocycles. The molecule has 0 aliphatic heterocycles. The third kappa shape index (κ3) is 3.43. The molecule has 0 bridgehead atoms. The molecule has 1 rings (SSSR count). The number of hydrogen-bond acceptors (Lipinski definition) is 3. The van der Waals surface area contributed by atoms with E-state index in [1.165, 1.54) is 6.92 Å². The number of esters is 1. The highest BCUT2D eigenvalue weighted by Gasteiger charge is 2.54. The molecule has 0 saturated heterocycles. The van der Waals surface area contributed by atoms with Gasteiger partial charge in [-0.1, -0.05) is 20.8 Å². The van der Waals surface area contributed by atoms with E-state index in [0.29, 0.717) is 18.8 Å². The molecule has 1 unspecified atom stereocenters. The number of rotatable bonds is 3. The molecular weight excluding hydrogens is 264 g/mol. The van der Waals surface area contributed by atoms with Gasteiger partial charge in [-0.15, -0.1) is 11.6 Å². The Labute approximate surface area is 121 Å². The van der Waals surface area contributed by atoms with Crippen molar-refractivity contribution in [2.24, 2.45) is 11.3 Å². The first-order valence-corrected chi connectivity index (χ1v) is 7.51. The highest BCUT2D eigenvalue weighted by atomic mass is 35.5. The van der Waals surface area contributed by atoms with Crippen molar-refractivity contribution in [1.82, 2.24) is 0 Å². The van der Waals surface area contributed by atoms with Crippen LogP contribution < -0.4 is 0 Å². The quantitative estimate of drug-likeness (QED) is 0.639. The third-order valence-electron chi connectivity index (χ3n) is 4.55. The minimum absolute atomic E-state index is 0.244. The van der Waals surface area contributed by atoms with E-state index in [4.69, 9.17) is 16.3 Å². The molecule has 1 fully saturated rings. The average Bonchev–Trinajstić information content (AvgIpc) is 2.28. The molecule has 0 aromatic carbocycles. The van der Waals surface area contributed by atoms with E-state index in [1.807, 2.05) is 0 Å². The van der Waals surface area contributed by atoms with Crippen molar-refractivity contribution in [2.75, 3.05) is 6.61 Å². The highest BCUT2D eigenvalue weighted by Crippen LogP contribution is 2.48. The number of ether oxygens (including phenoxy) is 1. The Morgan fingerprint density at radius 3 is 2.16 bits per heavy atom. The third-order valence-corrected chi connectivity index (χ3v) is 5.29. The van der Waals surface area contributed by atoms with Crippen molar-refractivity contribution in [3.63, 3.8) is 0 Å². The van der Waals surface area contributed by atoms with Crippen LogP contribution in [0.1, 0.15) is 60.3 Å². The predicted octanol–water partition coefficient (Wildman–Crippen LogP) is 3.51. The lowest BCUT2D eigenvalue weighted by Crippen LogP contribution is -2.56. The average molecular weight is 291 g/mol. The van der Waals surface area contributed by atoms with E-state index in [9.17, 15) is 9.90 Å². The van der Waals surface area contributed by atoms with Gasteiger partial charge >= 0.3 is 5.97 Å². The topological polar surface area (TPSA) is 46.5 Å². The number of alkyl halides is 1. The molecule has 112 valence electrons. The Hall–Kier alpha value is -0.280. The van der Waals surface area contributed by atoms with E-state index in [-0.39, 0.29) is 12.0 Å². The maximum atomic E-state index is 11.9. The van der Waals surface area contributed by atoms with E-state index in [2.05, 4.69) is 20.8 Å². The normalized spacial score (nSPS) is 31.6. The fourth-order valence-electron chi connectivity index (χ4n) is 2.88. The van der Waals surface area contributed by atoms with Gasteiger partial charge in [-0.3, -0.25) is 0 Å². The van der Waals surface area contributed by atoms with E-state index in [1.54, 1.807) is 6.92 Å². The lowest BCUT2D eigenvalue weighted by Gasteiger charge is -2.46. The highest BCUT2D eigenvalue weighted by molar-refractivity contribution is 6.26. The largest absolute Gasteiger partial charge is 0.464 e. The molecular formula is C15H27ClO3. The van der Waals surface area contributed by atoms with Crippen molar-refractivity contribution < 1.29 is 14.6 Å². The van der Waals surface area contributed by atoms with Crippen LogP contribution in [0.3, 0.4) is 0 Å². The summed E-state index contributed by atoms with van der Waals surface area (Å²) in [5.74, 6) is -0.0309. The van der Waals surface area contributed by atoms with Gasteiger partial charge in [0.1, 0.15) is 0 Å². The summed E-state index contributed by atoms with van der Waals surface area (Å²) in [5, 5.41) is 10.5. The minimum atomic E-state index is -1.62. The van der Waals surface area contributed by atoms with Crippen LogP contribution >= 0.6 is 11.6 Å². The van der Waals surface area contributed by atoms with Gasteiger partial charge in [-0.05, 0) is 50.9 Å². The van der Waals surface area contributed by atoms with Crippen molar-refractivity contribution in [1.29, 1.82) is 0 Å². The number of halogens is 1. The lowest BCUT2D eigenvalue weighted by atomic mass is 9.66. The summed E-state index contributed by atoms with van der Waals surface area (Å²) in [4.78, 5) is 11.0. The molecule has 0 aromatic heterocycles. The number of carbonyl (C=O) groups excluding carboxylic acids is 1. The Morgan fingerprint density at radius 1 is 1.32 bits per heavy atom. The van der Waals surface area contributed by atoms with Crippen molar-refractivity contribution in [3.05, 3.63) is 0 Å². The van der Waals surface area contributed by atoms with Gasteiger partial charge in [0.25, 0.3) is 0 Å². The molecule has 3 nitrogen and oxygen atoms in total. The minimum Gasteiger partial charge on any atom is -0.464 e. The Bertz CT molecular complexity index is 323. The SMILES string of the molecule is CCOC(=O)C(C)(O)C1(Cl)CCC(C(C)(C)C)CC1. The second-order valence-corrected chi connectivity index (χ2v) is 7.62. The summed E-state index contributed by atoms with van der Waals surface area (Å²) in [6.07, 6.45) is 3.15. The van der Waals surface area contributed by atoms with E-state index >= 15 is 0 Å². The second kappa shape index (κ2) is 5.61. The van der Waals surface area contributed by atoms with Gasteiger partial charge in [0, 0.05) is 0 Å². The van der Waals surface area contributed by atoms with Crippen molar-refractivity contribution in [3.8, 4) is 0 Å². The molecule has 0 spiro atoms. The zero-order valence-corrected chi connectivity index (χ0v) is 13.5. The van der Waals surface area contributed by atoms with E-state index < -0.39 is 16.4 Å². The molecule has 0 radical (unpaired) electrons. The molecule has 0 aromatic rings. The molecule has 4 heteroatoms. The summed E-state index contributed by atoms with van der Waals surface area (Å²) >= 11 is 6.56. The van der Waals surface area contributed by atoms with Crippen LogP contribution in [0, 0.1) is 11.3 Å². The second-order valence-electron chi connectivity index (χ2n) is 6.90. The van der Waals surface area contributed by atoms with Gasteiger partial charge < -0.3 is 9.84 Å². The Kier molecular flexibility index (Phi) is 4.95. The predicted molar refractivity (Wildman–Crippen MR) is 77.3 cm³/mol. The van der Waals surface area contributed by atoms with Crippen LogP contribution in [0.2, 0.25) is 0 Å². The zero-order chi connectivity index (χ0) is 14.9. The smallest absolute Gasteiger partial charge is 0.339 e. The molecule has 1 saturated carbocycles. The van der Waals surface area contributed by atoms with Crippen molar-refractivity contribution in [2.45, 2.75) is 70.8 Å². The molecule has 1 N–H and O–H groups in total. The summed E-state index contributed by atoms with van der Waals surface area (Å²) in [6.45, 7) is 10.1. The van der Waals surface area contributed by atoms with Gasteiger partial charge in [-0.25, -0.2) is 4.79 Å². The first kappa shape index (κ1) is 16.8. The summed E-state index contributed by atoms with van der Waals surface area (Å²) < 4.78 is 4.95. The molecule has 19 heavy (non-hydrogen) atoms. The zero-order valence-electron chi connectivity index (χ0n) is 12.8. The summed E-state index contributed by atoms with van der Waals surface area (Å²) in [6, 6.07) is 0. The van der Waals surface area contributed by atoms with E-state index in [0.717, 1.165) is 12.8 Å². The molecule has 0 amide bonds. The monoisotopic (exact) mass is 290 g/mol. The van der Waals surface area contributed by atoms with Crippen LogP contribution in [-0.4, -0.2) is 28.2 Å². The lowest BCUT2D eigenvalue weighted by molar-refractivity contribution is -0.168. The van der Waals surface area contributed by atoms with Gasteiger partial charge in [-0.2, -0.15) is 0 Å². The molecule has 1 atom stereocenters. The fourth-order valence-corrected chi connectivity index (χ4v) is 3.18. The number of carbonyl (C=O) groups is 1. The summed E-state index contributed by atoms with van der Waals surface area (Å²) in [5.41, 5.74) is -1.37. The van der Waals surface area contributed by atoms with Crippen LogP contribution in [0.15, 0.2) is 0 Å². The maximum Gasteiger partial charge on any atom is 0.339 e. The first-order chi connectivity index (χ1) is 8.54. The molecule has 1 aliphatic rings. The summed E-state index contributed by atoms with van der Waals surface area (Å²) in [7, 11) is 0. The van der Waals surface area contributed by atoms with Crippen molar-refractivity contribution >= 4 is 17.6 Å². The number of aliphatic hydroxyl groups is 1.